The number of nitrogens with zero attached hydrogens (tertiary/aromatic N) is 1. The first-order valence-corrected chi connectivity index (χ1v) is 3.10. The number of rotatable bonds is 0. The number of hydrogen-bond acceptors (Lipinski definition) is 1. The van der Waals surface area contributed by atoms with Crippen LogP contribution in [0.3, 0.4) is 0 Å². The van der Waals surface area contributed by atoms with Crippen molar-refractivity contribution in [2.45, 2.75) is 18.9 Å². The van der Waals surface area contributed by atoms with Gasteiger partial charge in [-0.05, 0) is 6.42 Å². The first-order chi connectivity index (χ1) is 4.20. The topological polar surface area (TPSA) is 40.2 Å². The predicted molar refractivity (Wildman–Crippen MR) is 31.3 cm³/mol. The van der Waals surface area contributed by atoms with Crippen LogP contribution in [0.25, 0.3) is 0 Å². The van der Waals surface area contributed by atoms with E-state index in [9.17, 15) is 9.90 Å². The van der Waals surface area contributed by atoms with Gasteiger partial charge in [-0.3, -0.25) is 4.79 Å². The van der Waals surface area contributed by atoms with Crippen molar-refractivity contribution in [3.63, 3.8) is 0 Å². The maximum atomic E-state index is 10.7. The molecule has 3 nitrogen and oxygen atoms in total. The van der Waals surface area contributed by atoms with Crippen molar-refractivity contribution < 1.29 is 9.90 Å². The van der Waals surface area contributed by atoms with E-state index in [1.807, 2.05) is 0 Å². The Hall–Kier alpha value is -0.570. The van der Waals surface area contributed by atoms with Crippen LogP contribution in [-0.4, -0.2) is 30.5 Å². The zero-order chi connectivity index (χ0) is 6.85. The molecular formula is C6H10NO2. The number of hydrogen-bond donors (Lipinski definition) is 0. The number of likely N-dealkylation sites (tertiary alicyclic amines) is 1. The Kier molecular flexibility index (Phi) is 1.71. The summed E-state index contributed by atoms with van der Waals surface area (Å²) < 4.78 is 0. The molecule has 1 atom stereocenters. The number of piperidine rings is 1. The van der Waals surface area contributed by atoms with E-state index in [0.29, 0.717) is 13.0 Å². The summed E-state index contributed by atoms with van der Waals surface area (Å²) in [6.45, 7) is 0.632. The number of carbonyl (C=O) groups is 1. The van der Waals surface area contributed by atoms with E-state index in [2.05, 4.69) is 0 Å². The second-order valence-electron chi connectivity index (χ2n) is 2.43. The van der Waals surface area contributed by atoms with Crippen LogP contribution in [0, 0.1) is 0 Å². The summed E-state index contributed by atoms with van der Waals surface area (Å²) in [6.07, 6.45) is 0.160. The van der Waals surface area contributed by atoms with Gasteiger partial charge in [-0.15, -0.1) is 0 Å². The Morgan fingerprint density at radius 2 is 2.33 bits per heavy atom. The molecule has 0 bridgehead atoms. The lowest BCUT2D eigenvalue weighted by Gasteiger charge is -2.24. The summed E-state index contributed by atoms with van der Waals surface area (Å²) in [5.41, 5.74) is 0. The van der Waals surface area contributed by atoms with E-state index in [4.69, 9.17) is 0 Å². The smallest absolute Gasteiger partial charge is 0.225 e. The lowest BCUT2D eigenvalue weighted by atomic mass is 10.1. The molecule has 0 N–H and O–H groups in total. The normalized spacial score (nSPS) is 28.9. The summed E-state index contributed by atoms with van der Waals surface area (Å²) in [4.78, 5) is 12.3. The van der Waals surface area contributed by atoms with Gasteiger partial charge in [-0.25, -0.2) is 5.11 Å². The third-order valence-corrected chi connectivity index (χ3v) is 1.61. The molecule has 3 heteroatoms. The second-order valence-corrected chi connectivity index (χ2v) is 2.43. The van der Waals surface area contributed by atoms with Crippen LogP contribution in [0.2, 0.25) is 0 Å². The highest BCUT2D eigenvalue weighted by atomic mass is 16.3. The molecule has 1 aliphatic heterocycles. The minimum absolute atomic E-state index is 0.0127. The molecule has 51 valence electrons. The summed E-state index contributed by atoms with van der Waals surface area (Å²) in [5.74, 6) is -0.0127. The Balaban J connectivity index is 2.44. The molecule has 1 unspecified atom stereocenters. The van der Waals surface area contributed by atoms with Crippen molar-refractivity contribution in [1.29, 1.82) is 0 Å². The van der Waals surface area contributed by atoms with Gasteiger partial charge in [0.15, 0.2) is 0 Å². The maximum Gasteiger partial charge on any atom is 0.225 e. The molecule has 1 saturated heterocycles. The first-order valence-electron chi connectivity index (χ1n) is 3.10. The lowest BCUT2D eigenvalue weighted by Crippen LogP contribution is -2.37. The summed E-state index contributed by atoms with van der Waals surface area (Å²) in [5, 5.41) is 10.7. The highest BCUT2D eigenvalue weighted by Gasteiger charge is 2.21. The van der Waals surface area contributed by atoms with Crippen molar-refractivity contribution in [3.8, 4) is 0 Å². The molecule has 1 heterocycles. The van der Waals surface area contributed by atoms with Crippen LogP contribution in [0.1, 0.15) is 12.8 Å². The van der Waals surface area contributed by atoms with Crippen LogP contribution in [-0.2, 0) is 9.90 Å². The van der Waals surface area contributed by atoms with Crippen LogP contribution in [0.5, 0.6) is 0 Å². The van der Waals surface area contributed by atoms with E-state index in [0.717, 1.165) is 0 Å². The van der Waals surface area contributed by atoms with Crippen molar-refractivity contribution in [3.05, 3.63) is 0 Å². The Morgan fingerprint density at radius 1 is 1.67 bits per heavy atom. The van der Waals surface area contributed by atoms with Gasteiger partial charge in [-0.2, -0.15) is 0 Å². The zero-order valence-corrected chi connectivity index (χ0v) is 5.46. The molecule has 1 aliphatic rings. The maximum absolute atomic E-state index is 10.7. The van der Waals surface area contributed by atoms with E-state index in [1.165, 1.54) is 0 Å². The molecular weight excluding hydrogens is 118 g/mol. The first kappa shape index (κ1) is 6.55. The molecule has 0 saturated carbocycles. The Labute approximate surface area is 54.3 Å². The second kappa shape index (κ2) is 2.35. The van der Waals surface area contributed by atoms with Gasteiger partial charge in [0.1, 0.15) is 6.10 Å². The lowest BCUT2D eigenvalue weighted by molar-refractivity contribution is -0.137. The third-order valence-electron chi connectivity index (χ3n) is 1.61. The van der Waals surface area contributed by atoms with Gasteiger partial charge in [0.2, 0.25) is 5.91 Å². The fourth-order valence-electron chi connectivity index (χ4n) is 0.915. The molecule has 9 heavy (non-hydrogen) atoms. The van der Waals surface area contributed by atoms with Gasteiger partial charge in [0.05, 0.1) is 6.42 Å². The highest BCUT2D eigenvalue weighted by molar-refractivity contribution is 5.77. The Morgan fingerprint density at radius 3 is 2.78 bits per heavy atom. The van der Waals surface area contributed by atoms with Crippen LogP contribution < -0.4 is 0 Å². The molecule has 1 radical (unpaired) electrons. The highest BCUT2D eigenvalue weighted by Crippen LogP contribution is 2.08. The predicted octanol–water partition coefficient (Wildman–Crippen LogP) is 0.0377. The van der Waals surface area contributed by atoms with Crippen molar-refractivity contribution in [2.24, 2.45) is 0 Å². The zero-order valence-electron chi connectivity index (χ0n) is 5.46. The monoisotopic (exact) mass is 128 g/mol. The van der Waals surface area contributed by atoms with Crippen molar-refractivity contribution in [1.82, 2.24) is 4.90 Å². The van der Waals surface area contributed by atoms with Crippen molar-refractivity contribution >= 4 is 5.91 Å². The minimum atomic E-state index is -0.645. The average Bonchev–Trinajstić information content (AvgIpc) is 1.80. The summed E-state index contributed by atoms with van der Waals surface area (Å²) in [6, 6.07) is 0. The standard InChI is InChI=1S/C6H10NO2/c1-7-3-2-5(8)4-6(7)9/h5H,2-4H2,1H3. The minimum Gasteiger partial charge on any atom is -0.346 e. The molecule has 0 aromatic rings. The van der Waals surface area contributed by atoms with E-state index < -0.39 is 6.10 Å². The van der Waals surface area contributed by atoms with Gasteiger partial charge >= 0.3 is 0 Å². The van der Waals surface area contributed by atoms with Gasteiger partial charge < -0.3 is 4.90 Å². The molecule has 0 aliphatic carbocycles. The molecule has 0 aromatic heterocycles. The number of carbonyl (C=O) groups excluding carboxylic acids is 1. The molecule has 1 amide bonds. The van der Waals surface area contributed by atoms with Gasteiger partial charge in [0.25, 0.3) is 0 Å². The summed E-state index contributed by atoms with van der Waals surface area (Å²) >= 11 is 0. The Bertz CT molecular complexity index is 124. The summed E-state index contributed by atoms with van der Waals surface area (Å²) in [7, 11) is 1.73. The van der Waals surface area contributed by atoms with Crippen LogP contribution in [0.4, 0.5) is 0 Å². The quantitative estimate of drug-likeness (QED) is 0.454. The van der Waals surface area contributed by atoms with E-state index in [-0.39, 0.29) is 12.3 Å². The molecule has 1 fully saturated rings. The van der Waals surface area contributed by atoms with E-state index >= 15 is 0 Å². The van der Waals surface area contributed by atoms with E-state index in [1.54, 1.807) is 11.9 Å². The average molecular weight is 128 g/mol. The van der Waals surface area contributed by atoms with Crippen molar-refractivity contribution in [2.75, 3.05) is 13.6 Å². The third kappa shape index (κ3) is 1.42. The van der Waals surface area contributed by atoms with Crippen LogP contribution in [0.15, 0.2) is 0 Å². The molecule has 0 aromatic carbocycles. The fraction of sp³-hybridized carbons (Fsp3) is 0.833. The van der Waals surface area contributed by atoms with Gasteiger partial charge in [0, 0.05) is 13.6 Å². The SMILES string of the molecule is CN1CCC([O])CC1=O. The number of amides is 1. The fourth-order valence-corrected chi connectivity index (χ4v) is 0.915. The molecule has 1 rings (SSSR count). The van der Waals surface area contributed by atoms with Crippen LogP contribution >= 0.6 is 0 Å². The van der Waals surface area contributed by atoms with Gasteiger partial charge in [-0.1, -0.05) is 0 Å². The molecule has 0 spiro atoms. The largest absolute Gasteiger partial charge is 0.346 e.